The molecule has 6 nitrogen and oxygen atoms in total. The molecule has 3 atom stereocenters. The lowest BCUT2D eigenvalue weighted by molar-refractivity contribution is -0.151. The summed E-state index contributed by atoms with van der Waals surface area (Å²) in [7, 11) is 0. The van der Waals surface area contributed by atoms with Crippen LogP contribution in [0.5, 0.6) is 0 Å². The Kier molecular flexibility index (Phi) is 5.88. The molecule has 15 heavy (non-hydrogen) atoms. The predicted octanol–water partition coefficient (Wildman–Crippen LogP) is -1.27. The van der Waals surface area contributed by atoms with Gasteiger partial charge < -0.3 is 21.5 Å². The van der Waals surface area contributed by atoms with Crippen LogP contribution in [0.1, 0.15) is 20.8 Å². The van der Waals surface area contributed by atoms with E-state index in [1.54, 1.807) is 13.8 Å². The van der Waals surface area contributed by atoms with Gasteiger partial charge in [0.2, 0.25) is 5.91 Å². The smallest absolute Gasteiger partial charge is 0.322 e. The van der Waals surface area contributed by atoms with Gasteiger partial charge in [-0.3, -0.25) is 9.59 Å². The van der Waals surface area contributed by atoms with Crippen molar-refractivity contribution in [2.75, 3.05) is 6.54 Å². The Balaban J connectivity index is 4.14. The van der Waals surface area contributed by atoms with Crippen LogP contribution in [0.25, 0.3) is 0 Å². The number of nitrogens with one attached hydrogen (secondary N) is 1. The molecule has 0 saturated carbocycles. The SMILES string of the molecule is CCNC(=O)C(N)C(C)OC(=O)[C@@H](C)N. The Morgan fingerprint density at radius 3 is 2.27 bits per heavy atom. The largest absolute Gasteiger partial charge is 0.459 e. The van der Waals surface area contributed by atoms with E-state index in [0.29, 0.717) is 6.54 Å². The molecule has 0 aliphatic carbocycles. The summed E-state index contributed by atoms with van der Waals surface area (Å²) in [5, 5.41) is 2.54. The number of rotatable bonds is 5. The summed E-state index contributed by atoms with van der Waals surface area (Å²) in [4.78, 5) is 22.4. The fourth-order valence-electron chi connectivity index (χ4n) is 0.869. The van der Waals surface area contributed by atoms with E-state index in [2.05, 4.69) is 5.32 Å². The second kappa shape index (κ2) is 6.36. The van der Waals surface area contributed by atoms with Crippen LogP contribution in [0.4, 0.5) is 0 Å². The topological polar surface area (TPSA) is 107 Å². The average Bonchev–Trinajstić information content (AvgIpc) is 2.16. The van der Waals surface area contributed by atoms with Crippen LogP contribution in [-0.2, 0) is 14.3 Å². The summed E-state index contributed by atoms with van der Waals surface area (Å²) in [5.74, 6) is -0.912. The third-order valence-corrected chi connectivity index (χ3v) is 1.83. The van der Waals surface area contributed by atoms with Crippen molar-refractivity contribution in [3.05, 3.63) is 0 Å². The van der Waals surface area contributed by atoms with Crippen molar-refractivity contribution >= 4 is 11.9 Å². The number of hydrogen-bond acceptors (Lipinski definition) is 5. The van der Waals surface area contributed by atoms with Crippen molar-refractivity contribution < 1.29 is 14.3 Å². The highest BCUT2D eigenvalue weighted by molar-refractivity contribution is 5.83. The minimum Gasteiger partial charge on any atom is -0.459 e. The van der Waals surface area contributed by atoms with Crippen LogP contribution < -0.4 is 16.8 Å². The first-order valence-corrected chi connectivity index (χ1v) is 4.89. The summed E-state index contributed by atoms with van der Waals surface area (Å²) >= 11 is 0. The van der Waals surface area contributed by atoms with E-state index in [4.69, 9.17) is 16.2 Å². The van der Waals surface area contributed by atoms with Gasteiger partial charge in [0.05, 0.1) is 0 Å². The number of likely N-dealkylation sites (N-methyl/N-ethyl adjacent to an activating group) is 1. The molecular formula is C9H19N3O3. The normalized spacial score (nSPS) is 16.3. The van der Waals surface area contributed by atoms with Gasteiger partial charge in [-0.15, -0.1) is 0 Å². The summed E-state index contributed by atoms with van der Waals surface area (Å²) in [5.41, 5.74) is 10.9. The number of carbonyl (C=O) groups is 2. The van der Waals surface area contributed by atoms with Gasteiger partial charge in [-0.25, -0.2) is 0 Å². The third kappa shape index (κ3) is 4.75. The molecule has 1 amide bonds. The molecule has 0 aromatic heterocycles. The predicted molar refractivity (Wildman–Crippen MR) is 55.9 cm³/mol. The molecule has 0 aliphatic rings. The molecule has 88 valence electrons. The zero-order valence-corrected chi connectivity index (χ0v) is 9.32. The molecular weight excluding hydrogens is 198 g/mol. The molecule has 0 bridgehead atoms. The molecule has 6 heteroatoms. The summed E-state index contributed by atoms with van der Waals surface area (Å²) in [6.45, 7) is 5.33. The van der Waals surface area contributed by atoms with Gasteiger partial charge in [-0.1, -0.05) is 0 Å². The summed E-state index contributed by atoms with van der Waals surface area (Å²) in [6.07, 6.45) is -0.685. The lowest BCUT2D eigenvalue weighted by atomic mass is 10.2. The number of amides is 1. The van der Waals surface area contributed by atoms with Crippen LogP contribution in [-0.4, -0.2) is 36.6 Å². The molecule has 0 aromatic carbocycles. The maximum Gasteiger partial charge on any atom is 0.322 e. The van der Waals surface area contributed by atoms with Crippen molar-refractivity contribution in [3.63, 3.8) is 0 Å². The van der Waals surface area contributed by atoms with Crippen LogP contribution in [0.2, 0.25) is 0 Å². The van der Waals surface area contributed by atoms with Crippen LogP contribution >= 0.6 is 0 Å². The summed E-state index contributed by atoms with van der Waals surface area (Å²) < 4.78 is 4.89. The highest BCUT2D eigenvalue weighted by atomic mass is 16.5. The first-order chi connectivity index (χ1) is 6.90. The standard InChI is InChI=1S/C9H19N3O3/c1-4-12-8(13)7(11)6(3)15-9(14)5(2)10/h5-7H,4,10-11H2,1-3H3,(H,12,13)/t5-,6?,7?/m1/s1. The number of nitrogens with two attached hydrogens (primary N) is 2. The summed E-state index contributed by atoms with van der Waals surface area (Å²) in [6, 6.07) is -1.58. The molecule has 0 spiro atoms. The molecule has 5 N–H and O–H groups in total. The maximum absolute atomic E-state index is 11.3. The van der Waals surface area contributed by atoms with E-state index in [0.717, 1.165) is 0 Å². The molecule has 0 heterocycles. The Labute approximate surface area is 89.3 Å². The van der Waals surface area contributed by atoms with Crippen LogP contribution in [0.3, 0.4) is 0 Å². The quantitative estimate of drug-likeness (QED) is 0.498. The average molecular weight is 217 g/mol. The number of hydrogen-bond donors (Lipinski definition) is 3. The lowest BCUT2D eigenvalue weighted by Crippen LogP contribution is -2.49. The van der Waals surface area contributed by atoms with Gasteiger partial charge in [0.1, 0.15) is 18.2 Å². The second-order valence-corrected chi connectivity index (χ2v) is 3.35. The molecule has 2 unspecified atom stereocenters. The number of esters is 1. The van der Waals surface area contributed by atoms with Gasteiger partial charge in [-0.2, -0.15) is 0 Å². The number of ether oxygens (including phenoxy) is 1. The molecule has 0 aliphatic heterocycles. The van der Waals surface area contributed by atoms with Gasteiger partial charge >= 0.3 is 5.97 Å². The van der Waals surface area contributed by atoms with Crippen molar-refractivity contribution in [1.82, 2.24) is 5.32 Å². The highest BCUT2D eigenvalue weighted by Gasteiger charge is 2.24. The minimum absolute atomic E-state index is 0.345. The van der Waals surface area contributed by atoms with E-state index >= 15 is 0 Å². The van der Waals surface area contributed by atoms with Crippen molar-refractivity contribution in [3.8, 4) is 0 Å². The van der Waals surface area contributed by atoms with E-state index in [9.17, 15) is 9.59 Å². The Morgan fingerprint density at radius 1 is 1.33 bits per heavy atom. The monoisotopic (exact) mass is 217 g/mol. The maximum atomic E-state index is 11.3. The lowest BCUT2D eigenvalue weighted by Gasteiger charge is -2.20. The van der Waals surface area contributed by atoms with Gasteiger partial charge in [0, 0.05) is 6.54 Å². The molecule has 0 rings (SSSR count). The van der Waals surface area contributed by atoms with Crippen molar-refractivity contribution in [2.45, 2.75) is 39.0 Å². The van der Waals surface area contributed by atoms with Crippen molar-refractivity contribution in [1.29, 1.82) is 0 Å². The van der Waals surface area contributed by atoms with E-state index in [1.807, 2.05) is 0 Å². The van der Waals surface area contributed by atoms with E-state index in [-0.39, 0.29) is 5.91 Å². The fourth-order valence-corrected chi connectivity index (χ4v) is 0.869. The van der Waals surface area contributed by atoms with Gasteiger partial charge in [-0.05, 0) is 20.8 Å². The van der Waals surface area contributed by atoms with Gasteiger partial charge in [0.25, 0.3) is 0 Å². The Morgan fingerprint density at radius 2 is 1.87 bits per heavy atom. The van der Waals surface area contributed by atoms with Gasteiger partial charge in [0.15, 0.2) is 0 Å². The molecule has 0 fully saturated rings. The highest BCUT2D eigenvalue weighted by Crippen LogP contribution is 1.98. The van der Waals surface area contributed by atoms with E-state index < -0.39 is 24.2 Å². The third-order valence-electron chi connectivity index (χ3n) is 1.83. The molecule has 0 radical (unpaired) electrons. The molecule has 0 saturated heterocycles. The first kappa shape index (κ1) is 13.9. The Hall–Kier alpha value is -1.14. The van der Waals surface area contributed by atoms with E-state index in [1.165, 1.54) is 6.92 Å². The van der Waals surface area contributed by atoms with Crippen LogP contribution in [0.15, 0.2) is 0 Å². The van der Waals surface area contributed by atoms with Crippen LogP contribution in [0, 0.1) is 0 Å². The zero-order valence-electron chi connectivity index (χ0n) is 9.32. The van der Waals surface area contributed by atoms with Crippen molar-refractivity contribution in [2.24, 2.45) is 11.5 Å². The minimum atomic E-state index is -0.868. The fraction of sp³-hybridized carbons (Fsp3) is 0.778. The number of carbonyl (C=O) groups excluding carboxylic acids is 2. The first-order valence-electron chi connectivity index (χ1n) is 4.89. The Bertz CT molecular complexity index is 231. The second-order valence-electron chi connectivity index (χ2n) is 3.35. The molecule has 0 aromatic rings. The zero-order chi connectivity index (χ0) is 12.0.